The standard InChI is InChI=1S/C12H20N2O3S/c1-5-17-12(15)10-9(3)14-18-11(10)13-6-8(2)7-16-4/h8,13H,5-7H2,1-4H3. The number of ether oxygens (including phenoxy) is 2. The van der Waals surface area contributed by atoms with Crippen LogP contribution in [0.3, 0.4) is 0 Å². The van der Waals surface area contributed by atoms with E-state index in [9.17, 15) is 4.79 Å². The highest BCUT2D eigenvalue weighted by atomic mass is 32.1. The Morgan fingerprint density at radius 2 is 2.28 bits per heavy atom. The summed E-state index contributed by atoms with van der Waals surface area (Å²) in [7, 11) is 1.68. The van der Waals surface area contributed by atoms with Gasteiger partial charge in [-0.1, -0.05) is 6.92 Å². The van der Waals surface area contributed by atoms with Gasteiger partial charge in [-0.3, -0.25) is 0 Å². The highest BCUT2D eigenvalue weighted by molar-refractivity contribution is 7.10. The van der Waals surface area contributed by atoms with Crippen LogP contribution in [0.4, 0.5) is 5.00 Å². The molecule has 0 bridgehead atoms. The van der Waals surface area contributed by atoms with Crippen molar-refractivity contribution in [2.24, 2.45) is 5.92 Å². The molecule has 1 rings (SSSR count). The first kappa shape index (κ1) is 14.9. The maximum atomic E-state index is 11.8. The zero-order valence-electron chi connectivity index (χ0n) is 11.3. The number of anilines is 1. The molecule has 1 aromatic heterocycles. The van der Waals surface area contributed by atoms with Crippen LogP contribution in [-0.2, 0) is 9.47 Å². The average molecular weight is 272 g/mol. The van der Waals surface area contributed by atoms with E-state index in [-0.39, 0.29) is 5.97 Å². The van der Waals surface area contributed by atoms with Gasteiger partial charge in [-0.05, 0) is 31.3 Å². The predicted molar refractivity (Wildman–Crippen MR) is 72.3 cm³/mol. The highest BCUT2D eigenvalue weighted by Gasteiger charge is 2.19. The van der Waals surface area contributed by atoms with Crippen molar-refractivity contribution in [1.82, 2.24) is 4.37 Å². The fourth-order valence-electron chi connectivity index (χ4n) is 1.54. The number of nitrogens with zero attached hydrogens (tertiary/aromatic N) is 1. The van der Waals surface area contributed by atoms with Crippen LogP contribution in [0.25, 0.3) is 0 Å². The summed E-state index contributed by atoms with van der Waals surface area (Å²) >= 11 is 1.29. The molecule has 1 atom stereocenters. The molecular formula is C12H20N2O3S. The number of nitrogens with one attached hydrogen (secondary N) is 1. The second-order valence-electron chi connectivity index (χ2n) is 4.13. The van der Waals surface area contributed by atoms with E-state index in [1.807, 2.05) is 6.92 Å². The minimum Gasteiger partial charge on any atom is -0.462 e. The number of carbonyl (C=O) groups is 1. The van der Waals surface area contributed by atoms with Crippen molar-refractivity contribution < 1.29 is 14.3 Å². The van der Waals surface area contributed by atoms with Crippen molar-refractivity contribution in [3.8, 4) is 0 Å². The van der Waals surface area contributed by atoms with Gasteiger partial charge in [0, 0.05) is 13.7 Å². The van der Waals surface area contributed by atoms with Crippen LogP contribution < -0.4 is 5.32 Å². The molecule has 1 unspecified atom stereocenters. The lowest BCUT2D eigenvalue weighted by molar-refractivity contribution is 0.0527. The van der Waals surface area contributed by atoms with Gasteiger partial charge in [-0.2, -0.15) is 4.37 Å². The summed E-state index contributed by atoms with van der Waals surface area (Å²) in [5.41, 5.74) is 1.26. The fraction of sp³-hybridized carbons (Fsp3) is 0.667. The summed E-state index contributed by atoms with van der Waals surface area (Å²) in [6.45, 7) is 7.47. The summed E-state index contributed by atoms with van der Waals surface area (Å²) in [6.07, 6.45) is 0. The molecule has 1 N–H and O–H groups in total. The quantitative estimate of drug-likeness (QED) is 0.772. The van der Waals surface area contributed by atoms with Crippen molar-refractivity contribution in [2.45, 2.75) is 20.8 Å². The topological polar surface area (TPSA) is 60.5 Å². The first-order valence-electron chi connectivity index (χ1n) is 5.96. The Balaban J connectivity index is 2.68. The van der Waals surface area contributed by atoms with Crippen molar-refractivity contribution in [2.75, 3.05) is 32.2 Å². The third-order valence-corrected chi connectivity index (χ3v) is 3.30. The Morgan fingerprint density at radius 3 is 2.89 bits per heavy atom. The predicted octanol–water partition coefficient (Wildman–Crippen LogP) is 2.32. The van der Waals surface area contributed by atoms with Gasteiger partial charge in [0.05, 0.1) is 18.9 Å². The highest BCUT2D eigenvalue weighted by Crippen LogP contribution is 2.25. The van der Waals surface area contributed by atoms with Gasteiger partial charge in [0.1, 0.15) is 10.6 Å². The summed E-state index contributed by atoms with van der Waals surface area (Å²) in [5.74, 6) is 0.0538. The minimum absolute atomic E-state index is 0.314. The summed E-state index contributed by atoms with van der Waals surface area (Å²) in [4.78, 5) is 11.8. The Labute approximate surface area is 112 Å². The van der Waals surface area contributed by atoms with E-state index in [4.69, 9.17) is 9.47 Å². The van der Waals surface area contributed by atoms with Crippen LogP contribution in [0.5, 0.6) is 0 Å². The smallest absolute Gasteiger partial charge is 0.343 e. The van der Waals surface area contributed by atoms with Crippen LogP contribution in [0.2, 0.25) is 0 Å². The largest absolute Gasteiger partial charge is 0.462 e. The molecule has 1 heterocycles. The number of methoxy groups -OCH3 is 1. The molecule has 1 aromatic rings. The van der Waals surface area contributed by atoms with Gasteiger partial charge >= 0.3 is 5.97 Å². The maximum absolute atomic E-state index is 11.8. The first-order valence-corrected chi connectivity index (χ1v) is 6.73. The molecule has 5 nitrogen and oxygen atoms in total. The molecule has 18 heavy (non-hydrogen) atoms. The van der Waals surface area contributed by atoms with Crippen LogP contribution >= 0.6 is 11.5 Å². The molecule has 0 fully saturated rings. The van der Waals surface area contributed by atoms with E-state index in [0.29, 0.717) is 30.4 Å². The Kier molecular flexibility index (Phi) is 6.07. The number of hydrogen-bond donors (Lipinski definition) is 1. The number of aryl methyl sites for hydroxylation is 1. The Hall–Kier alpha value is -1.14. The SMILES string of the molecule is CCOC(=O)c1c(C)nsc1NCC(C)COC. The van der Waals surface area contributed by atoms with Gasteiger partial charge in [-0.15, -0.1) is 0 Å². The van der Waals surface area contributed by atoms with E-state index in [1.165, 1.54) is 11.5 Å². The Bertz CT molecular complexity index is 393. The summed E-state index contributed by atoms with van der Waals surface area (Å²) < 4.78 is 14.3. The van der Waals surface area contributed by atoms with Gasteiger partial charge in [-0.25, -0.2) is 4.79 Å². The molecule has 102 valence electrons. The molecule has 0 radical (unpaired) electrons. The number of hydrogen-bond acceptors (Lipinski definition) is 6. The normalized spacial score (nSPS) is 12.2. The number of carbonyl (C=O) groups excluding carboxylic acids is 1. The van der Waals surface area contributed by atoms with Crippen molar-refractivity contribution in [3.63, 3.8) is 0 Å². The monoisotopic (exact) mass is 272 g/mol. The fourth-order valence-corrected chi connectivity index (χ4v) is 2.33. The van der Waals surface area contributed by atoms with E-state index in [0.717, 1.165) is 11.5 Å². The van der Waals surface area contributed by atoms with Crippen LogP contribution in [0, 0.1) is 12.8 Å². The van der Waals surface area contributed by atoms with Gasteiger partial charge in [0.15, 0.2) is 0 Å². The van der Waals surface area contributed by atoms with E-state index >= 15 is 0 Å². The Morgan fingerprint density at radius 1 is 1.56 bits per heavy atom. The number of esters is 1. The lowest BCUT2D eigenvalue weighted by Crippen LogP contribution is -2.17. The average Bonchev–Trinajstić information content (AvgIpc) is 2.68. The molecule has 0 aliphatic heterocycles. The molecule has 0 amide bonds. The number of rotatable bonds is 7. The molecule has 0 saturated heterocycles. The third kappa shape index (κ3) is 3.96. The van der Waals surface area contributed by atoms with Gasteiger partial charge in [0.25, 0.3) is 0 Å². The van der Waals surface area contributed by atoms with Gasteiger partial charge in [0.2, 0.25) is 0 Å². The zero-order valence-corrected chi connectivity index (χ0v) is 12.1. The second-order valence-corrected chi connectivity index (χ2v) is 4.91. The molecule has 0 spiro atoms. The first-order chi connectivity index (χ1) is 8.60. The molecule has 0 aliphatic carbocycles. The van der Waals surface area contributed by atoms with Crippen molar-refractivity contribution in [3.05, 3.63) is 11.3 Å². The van der Waals surface area contributed by atoms with Crippen LogP contribution in [0.1, 0.15) is 29.9 Å². The van der Waals surface area contributed by atoms with Crippen molar-refractivity contribution in [1.29, 1.82) is 0 Å². The number of aromatic nitrogens is 1. The third-order valence-electron chi connectivity index (χ3n) is 2.40. The maximum Gasteiger partial charge on any atom is 0.343 e. The molecule has 6 heteroatoms. The van der Waals surface area contributed by atoms with Crippen LogP contribution in [0.15, 0.2) is 0 Å². The molecule has 0 saturated carbocycles. The zero-order chi connectivity index (χ0) is 13.5. The van der Waals surface area contributed by atoms with E-state index in [1.54, 1.807) is 14.0 Å². The second kappa shape index (κ2) is 7.33. The molecule has 0 aliphatic rings. The lowest BCUT2D eigenvalue weighted by atomic mass is 10.2. The van der Waals surface area contributed by atoms with Crippen molar-refractivity contribution >= 4 is 22.5 Å². The van der Waals surface area contributed by atoms with Gasteiger partial charge < -0.3 is 14.8 Å². The lowest BCUT2D eigenvalue weighted by Gasteiger charge is -2.12. The summed E-state index contributed by atoms with van der Waals surface area (Å²) in [6, 6.07) is 0. The van der Waals surface area contributed by atoms with Crippen LogP contribution in [-0.4, -0.2) is 37.2 Å². The molecular weight excluding hydrogens is 252 g/mol. The summed E-state index contributed by atoms with van der Waals surface area (Å²) in [5, 5.41) is 4.01. The minimum atomic E-state index is -0.314. The van der Waals surface area contributed by atoms with E-state index < -0.39 is 0 Å². The van der Waals surface area contributed by atoms with E-state index in [2.05, 4.69) is 16.6 Å². The molecule has 0 aromatic carbocycles.